The molecule has 0 fully saturated rings. The van der Waals surface area contributed by atoms with E-state index < -0.39 is 23.6 Å². The number of rotatable bonds is 11. The minimum absolute atomic E-state index is 0.186. The van der Waals surface area contributed by atoms with E-state index >= 15 is 0 Å². The van der Waals surface area contributed by atoms with Crippen LogP contribution in [0.5, 0.6) is 5.88 Å². The number of hydrogen-bond donors (Lipinski definition) is 1. The fraction of sp³-hybridized carbons (Fsp3) is 0.538. The summed E-state index contributed by atoms with van der Waals surface area (Å²) in [6.07, 6.45) is 9.18. The first kappa shape index (κ1) is 27.3. The molecule has 196 valence electrons. The summed E-state index contributed by atoms with van der Waals surface area (Å²) >= 11 is 0. The van der Waals surface area contributed by atoms with Crippen molar-refractivity contribution < 1.29 is 23.8 Å². The summed E-state index contributed by atoms with van der Waals surface area (Å²) in [5, 5.41) is 8.91. The topological polar surface area (TPSA) is 102 Å². The van der Waals surface area contributed by atoms with Gasteiger partial charge in [-0.05, 0) is 59.9 Å². The van der Waals surface area contributed by atoms with Crippen LogP contribution >= 0.6 is 0 Å². The number of hydrogen-bond acceptors (Lipinski definition) is 7. The molecule has 0 aromatic carbocycles. The highest BCUT2D eigenvalue weighted by Crippen LogP contribution is 2.29. The summed E-state index contributed by atoms with van der Waals surface area (Å²) in [5.74, 6) is -0.220. The van der Waals surface area contributed by atoms with Crippen LogP contribution in [0.25, 0.3) is 16.9 Å². The summed E-state index contributed by atoms with van der Waals surface area (Å²) in [4.78, 5) is 27.4. The number of aliphatic hydroxyl groups excluding tert-OH is 1. The Morgan fingerprint density at radius 1 is 1.22 bits per heavy atom. The number of fused-ring (bicyclic) bond motifs is 1. The van der Waals surface area contributed by atoms with E-state index in [1.54, 1.807) is 34.0 Å². The molecule has 0 radical (unpaired) electrons. The zero-order chi connectivity index (χ0) is 26.3. The van der Waals surface area contributed by atoms with Crippen LogP contribution in [-0.2, 0) is 4.74 Å². The number of aromatic nitrogens is 4. The molecule has 10 heteroatoms. The van der Waals surface area contributed by atoms with Gasteiger partial charge >= 0.3 is 6.09 Å². The van der Waals surface area contributed by atoms with Gasteiger partial charge in [-0.3, -0.25) is 4.98 Å². The highest BCUT2D eigenvalue weighted by Gasteiger charge is 2.27. The number of amides is 1. The molecule has 1 N–H and O–H groups in total. The van der Waals surface area contributed by atoms with Crippen LogP contribution in [0.1, 0.15) is 72.0 Å². The lowest BCUT2D eigenvalue weighted by molar-refractivity contribution is 0.0182. The highest BCUT2D eigenvalue weighted by molar-refractivity contribution is 5.69. The molecule has 3 heterocycles. The van der Waals surface area contributed by atoms with E-state index in [-0.39, 0.29) is 12.2 Å². The average molecular weight is 502 g/mol. The smallest absolute Gasteiger partial charge is 0.410 e. The number of halogens is 1. The van der Waals surface area contributed by atoms with Crippen molar-refractivity contribution in [3.63, 3.8) is 0 Å². The first-order valence-corrected chi connectivity index (χ1v) is 12.4. The number of nitrogens with zero attached hydrogens (tertiary/aromatic N) is 5. The van der Waals surface area contributed by atoms with Gasteiger partial charge in [0.1, 0.15) is 5.60 Å². The van der Waals surface area contributed by atoms with Gasteiger partial charge in [0, 0.05) is 37.3 Å². The number of imidazole rings is 1. The first-order valence-electron chi connectivity index (χ1n) is 12.4. The lowest BCUT2D eigenvalue weighted by atomic mass is 10.1. The molecule has 0 bridgehead atoms. The molecule has 1 atom stereocenters. The molecule has 0 spiro atoms. The lowest BCUT2D eigenvalue weighted by Gasteiger charge is -2.30. The first-order chi connectivity index (χ1) is 17.1. The maximum Gasteiger partial charge on any atom is 0.410 e. The van der Waals surface area contributed by atoms with Gasteiger partial charge < -0.3 is 23.9 Å². The van der Waals surface area contributed by atoms with E-state index in [0.29, 0.717) is 36.1 Å². The molecule has 0 aliphatic rings. The molecule has 3 aromatic rings. The predicted molar refractivity (Wildman–Crippen MR) is 134 cm³/mol. The molecule has 0 saturated heterocycles. The number of aliphatic hydroxyl groups is 1. The molecular weight excluding hydrogens is 465 g/mol. The third-order valence-electron chi connectivity index (χ3n) is 5.65. The molecule has 0 saturated carbocycles. The van der Waals surface area contributed by atoms with Crippen molar-refractivity contribution in [3.8, 4) is 17.1 Å². The second kappa shape index (κ2) is 12.1. The molecule has 0 aliphatic carbocycles. The summed E-state index contributed by atoms with van der Waals surface area (Å²) in [6.45, 7) is 10.1. The third-order valence-corrected chi connectivity index (χ3v) is 5.65. The summed E-state index contributed by atoms with van der Waals surface area (Å²) in [7, 11) is 0. The van der Waals surface area contributed by atoms with Crippen LogP contribution in [0.2, 0.25) is 0 Å². The van der Waals surface area contributed by atoms with Crippen molar-refractivity contribution >= 4 is 11.7 Å². The van der Waals surface area contributed by atoms with Gasteiger partial charge in [0.2, 0.25) is 5.65 Å². The van der Waals surface area contributed by atoms with Crippen LogP contribution in [-0.4, -0.2) is 60.8 Å². The number of carbonyl (C=O) groups excluding carboxylic acids is 1. The highest BCUT2D eigenvalue weighted by atomic mass is 19.1. The minimum Gasteiger partial charge on any atom is -0.475 e. The Morgan fingerprint density at radius 2 is 1.97 bits per heavy atom. The molecule has 3 aromatic heterocycles. The van der Waals surface area contributed by atoms with Gasteiger partial charge in [0.25, 0.3) is 5.88 Å². The Kier molecular flexibility index (Phi) is 9.19. The Morgan fingerprint density at radius 3 is 2.67 bits per heavy atom. The summed E-state index contributed by atoms with van der Waals surface area (Å²) < 4.78 is 28.1. The number of pyridine rings is 1. The monoisotopic (exact) mass is 501 g/mol. The van der Waals surface area contributed by atoms with Gasteiger partial charge in [-0.15, -0.1) is 0 Å². The van der Waals surface area contributed by atoms with Crippen molar-refractivity contribution in [2.75, 3.05) is 19.8 Å². The zero-order valence-electron chi connectivity index (χ0n) is 21.7. The van der Waals surface area contributed by atoms with Crippen molar-refractivity contribution in [1.29, 1.82) is 0 Å². The predicted octanol–water partition coefficient (Wildman–Crippen LogP) is 5.18. The van der Waals surface area contributed by atoms with E-state index in [0.717, 1.165) is 31.9 Å². The van der Waals surface area contributed by atoms with Gasteiger partial charge in [0.15, 0.2) is 5.82 Å². The Hall–Kier alpha value is -3.27. The minimum atomic E-state index is -0.634. The quantitative estimate of drug-likeness (QED) is 0.361. The fourth-order valence-corrected chi connectivity index (χ4v) is 3.79. The van der Waals surface area contributed by atoms with Crippen LogP contribution in [0, 0.1) is 5.82 Å². The van der Waals surface area contributed by atoms with Gasteiger partial charge in [-0.1, -0.05) is 6.42 Å². The molecule has 36 heavy (non-hydrogen) atoms. The van der Waals surface area contributed by atoms with E-state index in [1.165, 1.54) is 0 Å². The van der Waals surface area contributed by atoms with E-state index in [1.807, 2.05) is 34.6 Å². The van der Waals surface area contributed by atoms with Crippen LogP contribution < -0.4 is 4.74 Å². The van der Waals surface area contributed by atoms with Crippen molar-refractivity contribution in [2.45, 2.75) is 71.9 Å². The Labute approximate surface area is 211 Å². The van der Waals surface area contributed by atoms with E-state index in [2.05, 4.69) is 15.0 Å². The maximum atomic E-state index is 15.0. The Bertz CT molecular complexity index is 1160. The van der Waals surface area contributed by atoms with Gasteiger partial charge in [-0.2, -0.15) is 0 Å². The van der Waals surface area contributed by atoms with Crippen LogP contribution in [0.4, 0.5) is 9.18 Å². The molecular formula is C26H36FN5O4. The Balaban J connectivity index is 1.88. The maximum absolute atomic E-state index is 15.0. The fourth-order valence-electron chi connectivity index (χ4n) is 3.79. The molecule has 9 nitrogen and oxygen atoms in total. The molecule has 0 aliphatic heterocycles. The summed E-state index contributed by atoms with van der Waals surface area (Å²) in [5.41, 5.74) is 1.03. The van der Waals surface area contributed by atoms with Crippen molar-refractivity contribution in [1.82, 2.24) is 24.3 Å². The number of carbonyl (C=O) groups is 1. The number of ether oxygens (including phenoxy) is 2. The lowest BCUT2D eigenvalue weighted by Crippen LogP contribution is -2.38. The standard InChI is InChI=1S/C26H36FN5O4/c1-6-32(25(34)36-26(3,4)5)18(2)21-15-19(20(27)16-29-21)22-17-31-12-11-28-23(31)24(30-22)35-14-10-8-7-9-13-33/h11-12,15-18,33H,6-10,13-14H2,1-5H3. The summed E-state index contributed by atoms with van der Waals surface area (Å²) in [6, 6.07) is 1.16. The van der Waals surface area contributed by atoms with Gasteiger partial charge in [0.05, 0.1) is 30.2 Å². The third kappa shape index (κ3) is 6.90. The molecule has 3 rings (SSSR count). The van der Waals surface area contributed by atoms with Gasteiger partial charge in [-0.25, -0.2) is 19.2 Å². The van der Waals surface area contributed by atoms with E-state index in [4.69, 9.17) is 14.6 Å². The SMILES string of the molecule is CCN(C(=O)OC(C)(C)C)C(C)c1cc(-c2cn3ccnc3c(OCCCCCCO)n2)c(F)cn1. The van der Waals surface area contributed by atoms with Crippen LogP contribution in [0.3, 0.4) is 0 Å². The van der Waals surface area contributed by atoms with Crippen molar-refractivity contribution in [3.05, 3.63) is 42.4 Å². The number of unbranched alkanes of at least 4 members (excludes halogenated alkanes) is 3. The molecule has 1 unspecified atom stereocenters. The average Bonchev–Trinajstić information content (AvgIpc) is 3.29. The second-order valence-corrected chi connectivity index (χ2v) is 9.61. The van der Waals surface area contributed by atoms with Crippen molar-refractivity contribution in [2.24, 2.45) is 0 Å². The van der Waals surface area contributed by atoms with E-state index in [9.17, 15) is 9.18 Å². The van der Waals surface area contributed by atoms with Crippen LogP contribution in [0.15, 0.2) is 30.9 Å². The molecule has 1 amide bonds. The normalized spacial score (nSPS) is 12.5. The second-order valence-electron chi connectivity index (χ2n) is 9.61. The zero-order valence-corrected chi connectivity index (χ0v) is 21.7. The largest absolute Gasteiger partial charge is 0.475 e.